The number of rotatable bonds is 14. The Morgan fingerprint density at radius 3 is 2.50 bits per heavy atom. The number of nitrogens with zero attached hydrogens (tertiary/aromatic N) is 4. The van der Waals surface area contributed by atoms with Gasteiger partial charge in [0.25, 0.3) is 5.91 Å². The van der Waals surface area contributed by atoms with Gasteiger partial charge >= 0.3 is 6.09 Å². The molecule has 1 saturated heterocycles. The van der Waals surface area contributed by atoms with Gasteiger partial charge in [-0.05, 0) is 68.4 Å². The molecule has 11 heteroatoms. The van der Waals surface area contributed by atoms with Crippen LogP contribution in [0.3, 0.4) is 0 Å². The Balaban J connectivity index is 1.05. The number of para-hydroxylation sites is 1. The highest BCUT2D eigenvalue weighted by Gasteiger charge is 2.47. The second kappa shape index (κ2) is 15.8. The van der Waals surface area contributed by atoms with E-state index in [9.17, 15) is 9.59 Å². The molecule has 5 rings (SSSR count). The molecule has 5 atom stereocenters. The molecule has 2 N–H and O–H groups in total. The van der Waals surface area contributed by atoms with Crippen molar-refractivity contribution in [2.45, 2.75) is 97.9 Å². The SMILES string of the molecule is CCC(C)C(C)C(C)(C)c1cn(CCOCCNC(=O)COc2ccc(C3Nc4ccccc4[C@@H]4[C@H]3CCN4C(=O)OC(C)(C)C)cc2)nn1. The van der Waals surface area contributed by atoms with Gasteiger partial charge < -0.3 is 29.7 Å². The summed E-state index contributed by atoms with van der Waals surface area (Å²) in [5.41, 5.74) is 3.61. The molecule has 272 valence electrons. The van der Waals surface area contributed by atoms with Crippen molar-refractivity contribution >= 4 is 17.7 Å². The van der Waals surface area contributed by atoms with Gasteiger partial charge in [0.1, 0.15) is 11.4 Å². The van der Waals surface area contributed by atoms with E-state index in [1.165, 1.54) is 0 Å². The maximum atomic E-state index is 13.2. The van der Waals surface area contributed by atoms with Gasteiger partial charge in [-0.1, -0.05) is 76.6 Å². The third kappa shape index (κ3) is 8.78. The molecule has 11 nitrogen and oxygen atoms in total. The topological polar surface area (TPSA) is 120 Å². The third-order valence-corrected chi connectivity index (χ3v) is 10.6. The number of nitrogens with one attached hydrogen (secondary N) is 2. The highest BCUT2D eigenvalue weighted by atomic mass is 16.6. The predicted octanol–water partition coefficient (Wildman–Crippen LogP) is 6.91. The summed E-state index contributed by atoms with van der Waals surface area (Å²) in [5.74, 6) is 1.67. The fourth-order valence-electron chi connectivity index (χ4n) is 7.08. The molecule has 0 saturated carbocycles. The van der Waals surface area contributed by atoms with Gasteiger partial charge in [0.15, 0.2) is 6.61 Å². The zero-order valence-electron chi connectivity index (χ0n) is 31.1. The number of likely N-dealkylation sites (tertiary alicyclic amines) is 1. The molecular weight excluding hydrogens is 632 g/mol. The lowest BCUT2D eigenvalue weighted by atomic mass is 9.71. The molecule has 1 fully saturated rings. The molecule has 2 aliphatic heterocycles. The summed E-state index contributed by atoms with van der Waals surface area (Å²) >= 11 is 0. The van der Waals surface area contributed by atoms with Gasteiger partial charge in [0.05, 0.1) is 37.5 Å². The number of hydrogen-bond acceptors (Lipinski definition) is 8. The van der Waals surface area contributed by atoms with Crippen molar-refractivity contribution in [3.05, 3.63) is 71.5 Å². The number of carbonyl (C=O) groups is 2. The minimum Gasteiger partial charge on any atom is -0.484 e. The van der Waals surface area contributed by atoms with Crippen LogP contribution in [-0.4, -0.2) is 70.4 Å². The summed E-state index contributed by atoms with van der Waals surface area (Å²) in [7, 11) is 0. The molecule has 0 radical (unpaired) electrons. The summed E-state index contributed by atoms with van der Waals surface area (Å²) in [6, 6.07) is 16.0. The summed E-state index contributed by atoms with van der Waals surface area (Å²) in [4.78, 5) is 27.5. The molecule has 3 heterocycles. The molecular formula is C39H56N6O5. The first kappa shape index (κ1) is 37.1. The van der Waals surface area contributed by atoms with E-state index in [1.807, 2.05) is 72.9 Å². The monoisotopic (exact) mass is 688 g/mol. The molecule has 3 aromatic rings. The van der Waals surface area contributed by atoms with E-state index >= 15 is 0 Å². The second-order valence-electron chi connectivity index (χ2n) is 15.4. The molecule has 1 aromatic heterocycles. The van der Waals surface area contributed by atoms with Gasteiger partial charge in [-0.2, -0.15) is 0 Å². The van der Waals surface area contributed by atoms with Crippen LogP contribution in [0.15, 0.2) is 54.7 Å². The first-order valence-electron chi connectivity index (χ1n) is 18.1. The third-order valence-electron chi connectivity index (χ3n) is 10.6. The van der Waals surface area contributed by atoms with Gasteiger partial charge in [-0.3, -0.25) is 4.79 Å². The van der Waals surface area contributed by atoms with Crippen molar-refractivity contribution in [3.8, 4) is 5.75 Å². The lowest BCUT2D eigenvalue weighted by Crippen LogP contribution is -2.40. The second-order valence-corrected chi connectivity index (χ2v) is 15.4. The first-order chi connectivity index (χ1) is 23.8. The summed E-state index contributed by atoms with van der Waals surface area (Å²) < 4.78 is 19.1. The molecule has 2 aromatic carbocycles. The fourth-order valence-corrected chi connectivity index (χ4v) is 7.08. The summed E-state index contributed by atoms with van der Waals surface area (Å²) in [6.07, 6.45) is 3.73. The Morgan fingerprint density at radius 2 is 1.78 bits per heavy atom. The van der Waals surface area contributed by atoms with Gasteiger partial charge in [-0.25, -0.2) is 9.48 Å². The van der Waals surface area contributed by atoms with Crippen LogP contribution < -0.4 is 15.4 Å². The van der Waals surface area contributed by atoms with Crippen molar-refractivity contribution in [1.29, 1.82) is 0 Å². The van der Waals surface area contributed by atoms with E-state index in [1.54, 1.807) is 0 Å². The van der Waals surface area contributed by atoms with Crippen LogP contribution in [0.25, 0.3) is 0 Å². The highest BCUT2D eigenvalue weighted by Crippen LogP contribution is 2.51. The number of amides is 2. The fraction of sp³-hybridized carbons (Fsp3) is 0.590. The number of anilines is 1. The predicted molar refractivity (Wildman–Crippen MR) is 194 cm³/mol. The Labute approximate surface area is 297 Å². The molecule has 3 unspecified atom stereocenters. The molecule has 2 amide bonds. The van der Waals surface area contributed by atoms with Gasteiger partial charge in [0.2, 0.25) is 0 Å². The quantitative estimate of drug-likeness (QED) is 0.175. The minimum absolute atomic E-state index is 0.0106. The number of hydrogen-bond donors (Lipinski definition) is 2. The van der Waals surface area contributed by atoms with Crippen LogP contribution in [0.1, 0.15) is 97.1 Å². The maximum absolute atomic E-state index is 13.2. The Kier molecular flexibility index (Phi) is 11.8. The number of fused-ring (bicyclic) bond motifs is 3. The largest absolute Gasteiger partial charge is 0.484 e. The highest BCUT2D eigenvalue weighted by molar-refractivity contribution is 5.77. The zero-order chi connectivity index (χ0) is 36.1. The van der Waals surface area contributed by atoms with E-state index < -0.39 is 5.60 Å². The normalized spacial score (nSPS) is 19.9. The zero-order valence-corrected chi connectivity index (χ0v) is 31.1. The standard InChI is InChI=1S/C39H56N6O5/c1-9-26(2)27(3)39(7,8)33-24-44(43-42-33)21-23-48-22-19-40-34(46)25-49-29-16-14-28(15-17-29)35-31-18-20-45(37(47)50-38(4,5)6)36(31)30-12-10-11-13-32(30)41-35/h10-17,24,26-27,31,35-36,41H,9,18-23,25H2,1-8H3,(H,40,46)/t26?,27?,31-,35?,36+/m0/s1. The average Bonchev–Trinajstić information content (AvgIpc) is 3.76. The van der Waals surface area contributed by atoms with Crippen molar-refractivity contribution in [2.24, 2.45) is 17.8 Å². The lowest BCUT2D eigenvalue weighted by molar-refractivity contribution is -0.123. The smallest absolute Gasteiger partial charge is 0.410 e. The number of ether oxygens (including phenoxy) is 3. The Morgan fingerprint density at radius 1 is 1.04 bits per heavy atom. The Bertz CT molecular complexity index is 1580. The number of carbonyl (C=O) groups excluding carboxylic acids is 2. The van der Waals surface area contributed by atoms with E-state index in [0.717, 1.165) is 35.3 Å². The van der Waals surface area contributed by atoms with Crippen LogP contribution in [0.5, 0.6) is 5.75 Å². The van der Waals surface area contributed by atoms with Gasteiger partial charge in [-0.15, -0.1) is 5.10 Å². The summed E-state index contributed by atoms with van der Waals surface area (Å²) in [6.45, 7) is 19.4. The minimum atomic E-state index is -0.560. The van der Waals surface area contributed by atoms with Crippen LogP contribution in [0.2, 0.25) is 0 Å². The molecule has 0 spiro atoms. The molecule has 2 aliphatic rings. The number of aromatic nitrogens is 3. The maximum Gasteiger partial charge on any atom is 0.410 e. The molecule has 50 heavy (non-hydrogen) atoms. The van der Waals surface area contributed by atoms with Gasteiger partial charge in [0, 0.05) is 36.3 Å². The van der Waals surface area contributed by atoms with Crippen LogP contribution in [0, 0.1) is 17.8 Å². The lowest BCUT2D eigenvalue weighted by Gasteiger charge is -2.40. The van der Waals surface area contributed by atoms with E-state index in [-0.39, 0.29) is 42.0 Å². The van der Waals surface area contributed by atoms with Crippen LogP contribution >= 0.6 is 0 Å². The average molecular weight is 689 g/mol. The van der Waals surface area contributed by atoms with Crippen LogP contribution in [0.4, 0.5) is 10.5 Å². The van der Waals surface area contributed by atoms with Crippen molar-refractivity contribution in [2.75, 3.05) is 38.2 Å². The molecule has 0 aliphatic carbocycles. The Hall–Kier alpha value is -4.12. The van der Waals surface area contributed by atoms with Crippen molar-refractivity contribution in [3.63, 3.8) is 0 Å². The van der Waals surface area contributed by atoms with E-state index in [0.29, 0.717) is 50.4 Å². The van der Waals surface area contributed by atoms with Crippen molar-refractivity contribution < 1.29 is 23.8 Å². The number of benzene rings is 2. The van der Waals surface area contributed by atoms with E-state index in [4.69, 9.17) is 14.2 Å². The first-order valence-corrected chi connectivity index (χ1v) is 18.1. The van der Waals surface area contributed by atoms with Crippen molar-refractivity contribution in [1.82, 2.24) is 25.2 Å². The summed E-state index contributed by atoms with van der Waals surface area (Å²) in [5, 5.41) is 15.3. The molecule has 0 bridgehead atoms. The van der Waals surface area contributed by atoms with Crippen LogP contribution in [-0.2, 0) is 26.2 Å². The van der Waals surface area contributed by atoms with E-state index in [2.05, 4.69) is 67.7 Å².